The molecule has 0 aliphatic carbocycles. The van der Waals surface area contributed by atoms with Crippen LogP contribution >= 0.6 is 11.6 Å². The highest BCUT2D eigenvalue weighted by atomic mass is 35.5. The number of benzene rings is 2. The zero-order chi connectivity index (χ0) is 22.8. The van der Waals surface area contributed by atoms with Gasteiger partial charge in [-0.1, -0.05) is 35.9 Å². The average Bonchev–Trinajstić information content (AvgIpc) is 3.08. The topological polar surface area (TPSA) is 104 Å². The Bertz CT molecular complexity index is 1130. The molecule has 7 nitrogen and oxygen atoms in total. The van der Waals surface area contributed by atoms with Gasteiger partial charge in [-0.15, -0.1) is 0 Å². The molecule has 0 unspecified atom stereocenters. The van der Waals surface area contributed by atoms with Gasteiger partial charge in [-0.25, -0.2) is 0 Å². The lowest BCUT2D eigenvalue weighted by molar-refractivity contribution is -0.138. The predicted octanol–water partition coefficient (Wildman–Crippen LogP) is 4.20. The monoisotopic (exact) mass is 453 g/mol. The van der Waals surface area contributed by atoms with Crippen LogP contribution < -0.4 is 5.32 Å². The minimum absolute atomic E-state index is 0.0414. The molecular weight excluding hydrogens is 439 g/mol. The molecule has 3 aromatic rings. The van der Waals surface area contributed by atoms with Gasteiger partial charge in [0, 0.05) is 6.07 Å². The molecule has 0 aliphatic heterocycles. The fourth-order valence-corrected chi connectivity index (χ4v) is 3.09. The second-order valence-corrected chi connectivity index (χ2v) is 6.91. The van der Waals surface area contributed by atoms with Gasteiger partial charge in [-0.3, -0.25) is 9.59 Å². The van der Waals surface area contributed by atoms with Crippen LogP contribution in [0.3, 0.4) is 0 Å². The number of aromatic hydroxyl groups is 1. The summed E-state index contributed by atoms with van der Waals surface area (Å²) in [6.07, 6.45) is -5.29. The highest BCUT2D eigenvalue weighted by molar-refractivity contribution is 6.32. The average molecular weight is 454 g/mol. The van der Waals surface area contributed by atoms with E-state index >= 15 is 0 Å². The number of hydrogen-bond acceptors (Lipinski definition) is 4. The van der Waals surface area contributed by atoms with E-state index in [2.05, 4.69) is 10.4 Å². The first-order valence-corrected chi connectivity index (χ1v) is 9.18. The zero-order valence-electron chi connectivity index (χ0n) is 15.6. The number of amides is 1. The van der Waals surface area contributed by atoms with E-state index in [1.54, 1.807) is 24.3 Å². The summed E-state index contributed by atoms with van der Waals surface area (Å²) in [5.74, 6) is -2.62. The summed E-state index contributed by atoms with van der Waals surface area (Å²) >= 11 is 6.06. The number of carboxylic acids is 1. The minimum atomic E-state index is -4.63. The predicted molar refractivity (Wildman–Crippen MR) is 104 cm³/mol. The maximum Gasteiger partial charge on any atom is 0.416 e. The lowest BCUT2D eigenvalue weighted by Gasteiger charge is -2.18. The third-order valence-electron chi connectivity index (χ3n) is 4.30. The Morgan fingerprint density at radius 3 is 2.48 bits per heavy atom. The Hall–Kier alpha value is -3.53. The van der Waals surface area contributed by atoms with Gasteiger partial charge < -0.3 is 15.5 Å². The second-order valence-electron chi connectivity index (χ2n) is 6.50. The number of rotatable bonds is 6. The van der Waals surface area contributed by atoms with Gasteiger partial charge >= 0.3 is 12.1 Å². The third-order valence-corrected chi connectivity index (χ3v) is 4.62. The van der Waals surface area contributed by atoms with Crippen molar-refractivity contribution in [2.45, 2.75) is 18.6 Å². The van der Waals surface area contributed by atoms with Crippen molar-refractivity contribution < 1.29 is 33.0 Å². The minimum Gasteiger partial charge on any atom is -0.493 e. The van der Waals surface area contributed by atoms with Gasteiger partial charge in [-0.05, 0) is 29.8 Å². The van der Waals surface area contributed by atoms with Crippen LogP contribution in [-0.2, 0) is 11.0 Å². The Morgan fingerprint density at radius 2 is 1.84 bits per heavy atom. The maximum atomic E-state index is 13.0. The van der Waals surface area contributed by atoms with Crippen molar-refractivity contribution in [1.82, 2.24) is 15.1 Å². The van der Waals surface area contributed by atoms with E-state index in [-0.39, 0.29) is 16.3 Å². The molecule has 3 N–H and O–H groups in total. The summed E-state index contributed by atoms with van der Waals surface area (Å²) in [6, 6.07) is 10.2. The number of carboxylic acid groups (broad SMARTS) is 1. The van der Waals surface area contributed by atoms with E-state index in [1.165, 1.54) is 6.07 Å². The Balaban J connectivity index is 1.90. The molecule has 162 valence electrons. The molecule has 1 atom stereocenters. The number of nitrogens with one attached hydrogen (secondary N) is 1. The van der Waals surface area contributed by atoms with Gasteiger partial charge in [0.15, 0.2) is 5.69 Å². The summed E-state index contributed by atoms with van der Waals surface area (Å²) in [4.78, 5) is 23.8. The number of hydrogen-bond donors (Lipinski definition) is 3. The normalized spacial score (nSPS) is 12.4. The van der Waals surface area contributed by atoms with Crippen LogP contribution in [0.1, 0.15) is 34.1 Å². The van der Waals surface area contributed by atoms with Crippen LogP contribution in [0.4, 0.5) is 13.2 Å². The lowest BCUT2D eigenvalue weighted by atomic mass is 10.0. The van der Waals surface area contributed by atoms with Crippen LogP contribution in [-0.4, -0.2) is 31.9 Å². The van der Waals surface area contributed by atoms with Crippen LogP contribution in [0, 0.1) is 0 Å². The first-order valence-electron chi connectivity index (χ1n) is 8.80. The van der Waals surface area contributed by atoms with Crippen molar-refractivity contribution >= 4 is 23.5 Å². The zero-order valence-corrected chi connectivity index (χ0v) is 16.4. The molecule has 0 bridgehead atoms. The van der Waals surface area contributed by atoms with Crippen LogP contribution in [0.2, 0.25) is 5.02 Å². The van der Waals surface area contributed by atoms with E-state index in [9.17, 15) is 27.9 Å². The molecule has 31 heavy (non-hydrogen) atoms. The van der Waals surface area contributed by atoms with Crippen molar-refractivity contribution in [2.24, 2.45) is 0 Å². The summed E-state index contributed by atoms with van der Waals surface area (Å²) in [5, 5.41) is 25.8. The fraction of sp³-hybridized carbons (Fsp3) is 0.150. The maximum absolute atomic E-state index is 13.0. The third kappa shape index (κ3) is 5.15. The standard InChI is InChI=1S/C20H15ClF3N3O4/c21-13-6-1-2-7-16(13)27-17(28)9-15(26-27)19(31)25-14(10-18(29)30)11-4-3-5-12(8-11)20(22,23)24/h1-9,14,28H,10H2,(H,25,31)(H,29,30)/t14-/m0/s1. The fourth-order valence-electron chi connectivity index (χ4n) is 2.87. The number of nitrogens with zero attached hydrogens (tertiary/aromatic N) is 2. The van der Waals surface area contributed by atoms with Gasteiger partial charge in [-0.2, -0.15) is 23.0 Å². The van der Waals surface area contributed by atoms with Gasteiger partial charge in [0.1, 0.15) is 0 Å². The largest absolute Gasteiger partial charge is 0.493 e. The molecule has 0 fully saturated rings. The molecule has 1 amide bonds. The Labute approximate surface area is 178 Å². The van der Waals surface area contributed by atoms with Crippen LogP contribution in [0.25, 0.3) is 5.69 Å². The molecule has 0 spiro atoms. The van der Waals surface area contributed by atoms with Crippen molar-refractivity contribution in [2.75, 3.05) is 0 Å². The van der Waals surface area contributed by atoms with Crippen molar-refractivity contribution in [1.29, 1.82) is 0 Å². The quantitative estimate of drug-likeness (QED) is 0.519. The molecule has 2 aromatic carbocycles. The number of alkyl halides is 3. The highest BCUT2D eigenvalue weighted by Gasteiger charge is 2.31. The smallest absolute Gasteiger partial charge is 0.416 e. The first-order chi connectivity index (χ1) is 14.6. The number of aliphatic carboxylic acids is 1. The van der Waals surface area contributed by atoms with Gasteiger partial charge in [0.2, 0.25) is 5.88 Å². The molecular formula is C20H15ClF3N3O4. The lowest BCUT2D eigenvalue weighted by Crippen LogP contribution is -2.30. The molecule has 0 radical (unpaired) electrons. The van der Waals surface area contributed by atoms with Crippen molar-refractivity contribution in [3.8, 4) is 11.6 Å². The van der Waals surface area contributed by atoms with E-state index in [4.69, 9.17) is 16.7 Å². The molecule has 1 heterocycles. The summed E-state index contributed by atoms with van der Waals surface area (Å²) < 4.78 is 40.0. The number of para-hydroxylation sites is 1. The van der Waals surface area contributed by atoms with Crippen molar-refractivity contribution in [3.63, 3.8) is 0 Å². The molecule has 0 saturated heterocycles. The molecule has 11 heteroatoms. The summed E-state index contributed by atoms with van der Waals surface area (Å²) in [6.45, 7) is 0. The molecule has 1 aromatic heterocycles. The second kappa shape index (κ2) is 8.68. The van der Waals surface area contributed by atoms with Gasteiger partial charge in [0.25, 0.3) is 5.91 Å². The van der Waals surface area contributed by atoms with Gasteiger partial charge in [0.05, 0.1) is 28.7 Å². The Morgan fingerprint density at radius 1 is 1.13 bits per heavy atom. The van der Waals surface area contributed by atoms with E-state index in [0.717, 1.165) is 28.9 Å². The van der Waals surface area contributed by atoms with E-state index in [1.807, 2.05) is 0 Å². The number of carbonyl (C=O) groups is 2. The highest BCUT2D eigenvalue weighted by Crippen LogP contribution is 2.31. The van der Waals surface area contributed by atoms with Crippen molar-refractivity contribution in [3.05, 3.63) is 76.4 Å². The SMILES string of the molecule is O=C(O)C[C@H](NC(=O)c1cc(O)n(-c2ccccc2Cl)n1)c1cccc(C(F)(F)F)c1. The number of carbonyl (C=O) groups excluding carboxylic acids is 1. The number of halogens is 4. The molecule has 0 aliphatic rings. The summed E-state index contributed by atoms with van der Waals surface area (Å²) in [5.41, 5.74) is -1.00. The molecule has 3 rings (SSSR count). The first kappa shape index (κ1) is 22.2. The van der Waals surface area contributed by atoms with Crippen LogP contribution in [0.15, 0.2) is 54.6 Å². The summed E-state index contributed by atoms with van der Waals surface area (Å²) in [7, 11) is 0. The van der Waals surface area contributed by atoms with E-state index < -0.39 is 42.0 Å². The van der Waals surface area contributed by atoms with Crippen LogP contribution in [0.5, 0.6) is 5.88 Å². The van der Waals surface area contributed by atoms with E-state index in [0.29, 0.717) is 5.69 Å². The number of aromatic nitrogens is 2. The molecule has 0 saturated carbocycles. The Kier molecular flexibility index (Phi) is 6.21.